The summed E-state index contributed by atoms with van der Waals surface area (Å²) in [5.41, 5.74) is 21.9. The highest BCUT2D eigenvalue weighted by Crippen LogP contribution is 2.46. The van der Waals surface area contributed by atoms with E-state index in [9.17, 15) is 21.6 Å². The van der Waals surface area contributed by atoms with Crippen LogP contribution in [0.15, 0.2) is 120 Å². The molecule has 20 heteroatoms. The number of amides is 2. The van der Waals surface area contributed by atoms with Crippen molar-refractivity contribution < 1.29 is 21.6 Å². The number of fused-ring (bicyclic) bond motifs is 6. The van der Waals surface area contributed by atoms with Gasteiger partial charge in [-0.2, -0.15) is 19.2 Å². The third kappa shape index (κ3) is 9.05. The van der Waals surface area contributed by atoms with Gasteiger partial charge in [0.15, 0.2) is 31.0 Å². The first kappa shape index (κ1) is 48.0. The molecular weight excluding hydrogens is 963 g/mol. The first-order chi connectivity index (χ1) is 35.1. The van der Waals surface area contributed by atoms with Crippen molar-refractivity contribution in [1.82, 2.24) is 54.7 Å². The van der Waals surface area contributed by atoms with Crippen molar-refractivity contribution in [2.24, 2.45) is 0 Å². The van der Waals surface area contributed by atoms with Crippen molar-refractivity contribution in [2.45, 2.75) is 104 Å². The molecule has 6 N–H and O–H groups in total. The number of carbonyl (C=O) groups excluding carboxylic acids is 1. The van der Waals surface area contributed by atoms with Gasteiger partial charge in [0.05, 0.1) is 35.2 Å². The Balaban J connectivity index is 0.000000159. The van der Waals surface area contributed by atoms with Gasteiger partial charge >= 0.3 is 6.03 Å². The van der Waals surface area contributed by atoms with Gasteiger partial charge in [0.2, 0.25) is 0 Å². The largest absolute Gasteiger partial charge is 0.382 e. The quantitative estimate of drug-likeness (QED) is 0.111. The maximum absolute atomic E-state index is 13.0. The Hall–Kier alpha value is -7.29. The number of benzene rings is 2. The van der Waals surface area contributed by atoms with Crippen molar-refractivity contribution in [3.05, 3.63) is 121 Å². The van der Waals surface area contributed by atoms with Crippen molar-refractivity contribution in [3.8, 4) is 44.8 Å². The topological polar surface area (TPSA) is 251 Å². The number of urea groups is 1. The Bertz CT molecular complexity index is 3590. The van der Waals surface area contributed by atoms with E-state index in [1.165, 1.54) is 15.3 Å². The lowest BCUT2D eigenvalue weighted by molar-refractivity contribution is 0.137. The summed E-state index contributed by atoms with van der Waals surface area (Å²) in [6, 6.07) is 28.5. The van der Waals surface area contributed by atoms with Gasteiger partial charge < -0.3 is 27.0 Å². The second-order valence-electron chi connectivity index (χ2n) is 19.8. The molecule has 2 unspecified atom stereocenters. The first-order valence-corrected chi connectivity index (χ1v) is 28.5. The summed E-state index contributed by atoms with van der Waals surface area (Å²) in [7, 11) is -7.30. The van der Waals surface area contributed by atoms with Gasteiger partial charge in [-0.1, -0.05) is 72.8 Å². The number of pyridine rings is 2. The highest BCUT2D eigenvalue weighted by molar-refractivity contribution is 7.91. The van der Waals surface area contributed by atoms with Crippen LogP contribution in [0.3, 0.4) is 0 Å². The van der Waals surface area contributed by atoms with Crippen LogP contribution in [0.2, 0.25) is 0 Å². The molecular formula is C53H57N13O5S2. The summed E-state index contributed by atoms with van der Waals surface area (Å²) in [4.78, 5) is 33.9. The Kier molecular flexibility index (Phi) is 12.5. The molecule has 4 fully saturated rings. The van der Waals surface area contributed by atoms with Crippen LogP contribution in [0.25, 0.3) is 56.1 Å². The van der Waals surface area contributed by atoms with Crippen LogP contribution in [0, 0.1) is 0 Å². The molecule has 0 saturated carbocycles. The molecule has 2 amide bonds. The third-order valence-electron chi connectivity index (χ3n) is 14.9. The number of nitrogen functional groups attached to an aromatic ring is 2. The molecule has 2 aromatic carbocycles. The standard InChI is InChI=1S/C28H31N7O3S.C25H26N6O2S/c1-3-30-28(36)34-20-10-11-21(34)14-19(13-20)24-25(39(2,37)38)26(29)35-27(33-24)22(16-32-35)18-9-12-23(31-15-18)17-7-5-4-6-8-17;1-34(32,33)23-22(17-11-18-8-9-19(12-17)29-18)30-25-20(14-28-31(25)24(23)26)16-7-10-21(27-13-16)15-5-3-2-4-6-15/h4-9,12,15-16,19-21H,3,10-11,13-14,29H2,1-2H3,(H,30,36);2-7,10,13-14,17-19,29H,8-9,11-12,26H2,1H3/t19?,20-,21+;17?,18-,19+. The molecule has 8 aromatic rings. The lowest BCUT2D eigenvalue weighted by Gasteiger charge is -2.39. The molecule has 0 spiro atoms. The molecule has 6 aromatic heterocycles. The van der Waals surface area contributed by atoms with Gasteiger partial charge in [0.25, 0.3) is 0 Å². The summed E-state index contributed by atoms with van der Waals surface area (Å²) in [6.45, 7) is 2.47. The van der Waals surface area contributed by atoms with Crippen molar-refractivity contribution in [3.63, 3.8) is 0 Å². The minimum atomic E-state index is -3.70. The number of anilines is 2. The average Bonchev–Trinajstić information content (AvgIpc) is 4.17. The Morgan fingerprint density at radius 3 is 1.44 bits per heavy atom. The summed E-state index contributed by atoms with van der Waals surface area (Å²) in [6.07, 6.45) is 16.3. The maximum atomic E-state index is 13.0. The van der Waals surface area contributed by atoms with Crippen LogP contribution in [0.1, 0.15) is 81.5 Å². The van der Waals surface area contributed by atoms with Crippen LogP contribution < -0.4 is 22.1 Å². The number of sulfone groups is 2. The van der Waals surface area contributed by atoms with E-state index in [0.717, 1.165) is 89.5 Å². The molecule has 18 nitrogen and oxygen atoms in total. The number of piperidine rings is 2. The molecule has 4 saturated heterocycles. The van der Waals surface area contributed by atoms with E-state index in [0.29, 0.717) is 54.2 Å². The first-order valence-electron chi connectivity index (χ1n) is 24.7. The van der Waals surface area contributed by atoms with E-state index in [4.69, 9.17) is 21.4 Å². The normalized spacial score (nSPS) is 21.5. The predicted octanol–water partition coefficient (Wildman–Crippen LogP) is 7.33. The summed E-state index contributed by atoms with van der Waals surface area (Å²) < 4.78 is 54.4. The molecule has 4 aliphatic rings. The van der Waals surface area contributed by atoms with Crippen molar-refractivity contribution in [1.29, 1.82) is 0 Å². The number of hydrogen-bond acceptors (Lipinski definition) is 14. The third-order valence-corrected chi connectivity index (χ3v) is 17.2. The average molecular weight is 1020 g/mol. The van der Waals surface area contributed by atoms with E-state index >= 15 is 0 Å². The number of nitrogens with one attached hydrogen (secondary N) is 2. The molecule has 0 radical (unpaired) electrons. The molecule has 4 aliphatic heterocycles. The van der Waals surface area contributed by atoms with E-state index in [1.54, 1.807) is 24.8 Å². The monoisotopic (exact) mass is 1020 g/mol. The summed E-state index contributed by atoms with van der Waals surface area (Å²) >= 11 is 0. The predicted molar refractivity (Wildman–Crippen MR) is 280 cm³/mol. The summed E-state index contributed by atoms with van der Waals surface area (Å²) in [5, 5.41) is 15.3. The van der Waals surface area contributed by atoms with Crippen LogP contribution in [0.4, 0.5) is 16.4 Å². The van der Waals surface area contributed by atoms with Crippen LogP contribution in [0.5, 0.6) is 0 Å². The zero-order valence-electron chi connectivity index (χ0n) is 40.8. The lowest BCUT2D eigenvalue weighted by atomic mass is 9.88. The van der Waals surface area contributed by atoms with Crippen LogP contribution in [-0.4, -0.2) is 110 Å². The van der Waals surface area contributed by atoms with Crippen molar-refractivity contribution >= 4 is 48.6 Å². The van der Waals surface area contributed by atoms with Gasteiger partial charge in [-0.05, 0) is 70.4 Å². The molecule has 4 bridgehead atoms. The van der Waals surface area contributed by atoms with Gasteiger partial charge in [-0.3, -0.25) is 9.97 Å². The Labute approximate surface area is 423 Å². The van der Waals surface area contributed by atoms with E-state index in [2.05, 4.69) is 30.8 Å². The molecule has 12 rings (SSSR count). The number of carbonyl (C=O) groups is 1. The minimum Gasteiger partial charge on any atom is -0.382 e. The van der Waals surface area contributed by atoms with Gasteiger partial charge in [-0.25, -0.2) is 31.6 Å². The number of nitrogens with two attached hydrogens (primary N) is 2. The minimum absolute atomic E-state index is 0.0260. The molecule has 376 valence electrons. The highest BCUT2D eigenvalue weighted by atomic mass is 32.2. The summed E-state index contributed by atoms with van der Waals surface area (Å²) in [5.74, 6) is 0.0632. The second kappa shape index (κ2) is 19.0. The smallest absolute Gasteiger partial charge is 0.317 e. The van der Waals surface area contributed by atoms with E-state index in [-0.39, 0.29) is 51.4 Å². The molecule has 10 heterocycles. The fourth-order valence-electron chi connectivity index (χ4n) is 11.7. The number of nitrogens with zero attached hydrogens (tertiary/aromatic N) is 9. The fraction of sp³-hybridized carbons (Fsp3) is 0.340. The number of hydrogen-bond donors (Lipinski definition) is 4. The fourth-order valence-corrected chi connectivity index (χ4v) is 13.8. The van der Waals surface area contributed by atoms with Gasteiger partial charge in [0, 0.05) is 101 Å². The Morgan fingerprint density at radius 1 is 0.603 bits per heavy atom. The van der Waals surface area contributed by atoms with Crippen LogP contribution in [-0.2, 0) is 19.7 Å². The zero-order chi connectivity index (χ0) is 50.8. The van der Waals surface area contributed by atoms with Gasteiger partial charge in [-0.15, -0.1) is 0 Å². The molecule has 0 aliphatic carbocycles. The van der Waals surface area contributed by atoms with E-state index in [1.807, 2.05) is 96.8 Å². The zero-order valence-corrected chi connectivity index (χ0v) is 42.4. The molecule has 6 atom stereocenters. The van der Waals surface area contributed by atoms with Gasteiger partial charge in [0.1, 0.15) is 21.4 Å². The molecule has 73 heavy (non-hydrogen) atoms. The highest BCUT2D eigenvalue weighted by Gasteiger charge is 2.45. The Morgan fingerprint density at radius 2 is 1.04 bits per heavy atom. The number of rotatable bonds is 9. The maximum Gasteiger partial charge on any atom is 0.317 e. The number of aromatic nitrogens is 8. The van der Waals surface area contributed by atoms with Crippen LogP contribution >= 0.6 is 0 Å². The SMILES string of the molecule is CCNC(=O)N1[C@@H]2CC[C@H]1CC(c1nc3c(-c4ccc(-c5ccccc5)nc4)cnn3c(N)c1S(C)(=O)=O)C2.CS(=O)(=O)c1c(C2C[C@H]3CC[C@@H](C2)N3)nc2c(-c3ccc(-c4ccccc4)nc3)cnn2c1N. The van der Waals surface area contributed by atoms with Crippen molar-refractivity contribution in [2.75, 3.05) is 30.5 Å². The second-order valence-corrected chi connectivity index (χ2v) is 23.7. The lowest BCUT2D eigenvalue weighted by Crippen LogP contribution is -2.50. The van der Waals surface area contributed by atoms with E-state index < -0.39 is 19.7 Å².